The summed E-state index contributed by atoms with van der Waals surface area (Å²) >= 11 is 5.86. The second-order valence-corrected chi connectivity index (χ2v) is 3.73. The topological polar surface area (TPSA) is 61.0 Å². The Balaban J connectivity index is 2.57. The van der Waals surface area contributed by atoms with Crippen molar-refractivity contribution in [1.29, 1.82) is 0 Å². The van der Waals surface area contributed by atoms with E-state index < -0.39 is 10.7 Å². The van der Waals surface area contributed by atoms with Gasteiger partial charge in [0.2, 0.25) is 5.15 Å². The van der Waals surface area contributed by atoms with Crippen LogP contribution in [0.5, 0.6) is 0 Å². The fraction of sp³-hybridized carbons (Fsp3) is 0.100. The molecular formula is C10H7ClFN3O2. The first-order chi connectivity index (χ1) is 8.00. The van der Waals surface area contributed by atoms with Crippen molar-refractivity contribution < 1.29 is 9.31 Å². The summed E-state index contributed by atoms with van der Waals surface area (Å²) in [6, 6.07) is 5.35. The van der Waals surface area contributed by atoms with Gasteiger partial charge in [0.25, 0.3) is 0 Å². The van der Waals surface area contributed by atoms with Gasteiger partial charge in [0.05, 0.1) is 10.6 Å². The molecule has 7 heteroatoms. The largest absolute Gasteiger partial charge is 0.329 e. The third kappa shape index (κ3) is 1.99. The zero-order valence-electron chi connectivity index (χ0n) is 8.72. The summed E-state index contributed by atoms with van der Waals surface area (Å²) in [6.07, 6.45) is 0. The maximum absolute atomic E-state index is 12.7. The number of aryl methyl sites for hydroxylation is 1. The summed E-state index contributed by atoms with van der Waals surface area (Å²) in [4.78, 5) is 10.2. The highest BCUT2D eigenvalue weighted by molar-refractivity contribution is 6.32. The highest BCUT2D eigenvalue weighted by atomic mass is 35.5. The van der Waals surface area contributed by atoms with Crippen LogP contribution < -0.4 is 0 Å². The van der Waals surface area contributed by atoms with Crippen LogP contribution in [0.1, 0.15) is 5.69 Å². The quantitative estimate of drug-likeness (QED) is 0.612. The van der Waals surface area contributed by atoms with E-state index in [4.69, 9.17) is 11.6 Å². The van der Waals surface area contributed by atoms with Gasteiger partial charge in [-0.3, -0.25) is 10.1 Å². The van der Waals surface area contributed by atoms with E-state index in [-0.39, 0.29) is 16.5 Å². The van der Waals surface area contributed by atoms with Crippen molar-refractivity contribution in [3.8, 4) is 5.69 Å². The molecule has 0 radical (unpaired) electrons. The minimum absolute atomic E-state index is 0.0980. The molecule has 1 heterocycles. The first-order valence-electron chi connectivity index (χ1n) is 4.66. The van der Waals surface area contributed by atoms with Gasteiger partial charge in [0.15, 0.2) is 0 Å². The zero-order chi connectivity index (χ0) is 12.6. The predicted octanol–water partition coefficient (Wildman–Crippen LogP) is 2.88. The Morgan fingerprint density at radius 3 is 2.47 bits per heavy atom. The number of halogens is 2. The Bertz CT molecular complexity index is 580. The maximum Gasteiger partial charge on any atom is 0.329 e. The molecule has 0 atom stereocenters. The number of rotatable bonds is 2. The van der Waals surface area contributed by atoms with Gasteiger partial charge in [0, 0.05) is 0 Å². The molecule has 2 aromatic rings. The lowest BCUT2D eigenvalue weighted by molar-refractivity contribution is -0.385. The second kappa shape index (κ2) is 4.14. The van der Waals surface area contributed by atoms with Crippen LogP contribution in [0.15, 0.2) is 24.3 Å². The number of nitrogens with zero attached hydrogens (tertiary/aromatic N) is 3. The molecule has 0 aliphatic heterocycles. The zero-order valence-corrected chi connectivity index (χ0v) is 9.48. The van der Waals surface area contributed by atoms with E-state index in [1.165, 1.54) is 35.9 Å². The van der Waals surface area contributed by atoms with Crippen LogP contribution in [-0.4, -0.2) is 14.7 Å². The van der Waals surface area contributed by atoms with Gasteiger partial charge >= 0.3 is 5.69 Å². The maximum atomic E-state index is 12.7. The summed E-state index contributed by atoms with van der Waals surface area (Å²) in [5, 5.41) is 14.6. The van der Waals surface area contributed by atoms with Crippen molar-refractivity contribution in [3.05, 3.63) is 51.0 Å². The molecule has 17 heavy (non-hydrogen) atoms. The number of benzene rings is 1. The monoisotopic (exact) mass is 255 g/mol. The third-order valence-corrected chi connectivity index (χ3v) is 2.57. The highest BCUT2D eigenvalue weighted by Crippen LogP contribution is 2.29. The molecular weight excluding hydrogens is 249 g/mol. The molecule has 0 saturated carbocycles. The van der Waals surface area contributed by atoms with Gasteiger partial charge in [0.1, 0.15) is 11.5 Å². The van der Waals surface area contributed by atoms with Crippen molar-refractivity contribution >= 4 is 17.3 Å². The number of nitro groups is 1. The van der Waals surface area contributed by atoms with Gasteiger partial charge in [-0.25, -0.2) is 9.07 Å². The van der Waals surface area contributed by atoms with Crippen molar-refractivity contribution in [2.75, 3.05) is 0 Å². The number of aromatic nitrogens is 2. The third-order valence-electron chi connectivity index (χ3n) is 2.23. The second-order valence-electron chi connectivity index (χ2n) is 3.37. The van der Waals surface area contributed by atoms with Crippen molar-refractivity contribution in [2.24, 2.45) is 0 Å². The molecule has 0 unspecified atom stereocenters. The predicted molar refractivity (Wildman–Crippen MR) is 59.9 cm³/mol. The molecule has 2 rings (SSSR count). The summed E-state index contributed by atoms with van der Waals surface area (Å²) in [5.74, 6) is -0.400. The van der Waals surface area contributed by atoms with Gasteiger partial charge in [-0.15, -0.1) is 0 Å². The summed E-state index contributed by atoms with van der Waals surface area (Å²) < 4.78 is 13.9. The van der Waals surface area contributed by atoms with Crippen molar-refractivity contribution in [1.82, 2.24) is 9.78 Å². The molecule has 0 saturated heterocycles. The SMILES string of the molecule is Cc1nn(-c2ccc(F)cc2)c(Cl)c1[N+](=O)[O-]. The number of hydrogen-bond acceptors (Lipinski definition) is 3. The fourth-order valence-corrected chi connectivity index (χ4v) is 1.79. The molecule has 0 aliphatic carbocycles. The molecule has 0 N–H and O–H groups in total. The highest BCUT2D eigenvalue weighted by Gasteiger charge is 2.24. The van der Waals surface area contributed by atoms with Crippen molar-refractivity contribution in [2.45, 2.75) is 6.92 Å². The molecule has 0 fully saturated rings. The smallest absolute Gasteiger partial charge is 0.258 e. The Morgan fingerprint density at radius 2 is 2.00 bits per heavy atom. The van der Waals surface area contributed by atoms with Crippen LogP contribution >= 0.6 is 11.6 Å². The van der Waals surface area contributed by atoms with Crippen molar-refractivity contribution in [3.63, 3.8) is 0 Å². The molecule has 0 aliphatic rings. The standard InChI is InChI=1S/C10H7ClFN3O2/c1-6-9(15(16)17)10(11)14(13-6)8-4-2-7(12)3-5-8/h2-5H,1H3. The molecule has 0 bridgehead atoms. The van der Waals surface area contributed by atoms with Gasteiger partial charge in [-0.05, 0) is 31.2 Å². The number of hydrogen-bond donors (Lipinski definition) is 0. The first-order valence-corrected chi connectivity index (χ1v) is 5.04. The van der Waals surface area contributed by atoms with E-state index in [1.807, 2.05) is 0 Å². The Kier molecular flexibility index (Phi) is 2.81. The lowest BCUT2D eigenvalue weighted by atomic mass is 10.3. The average molecular weight is 256 g/mol. The molecule has 5 nitrogen and oxygen atoms in total. The van der Waals surface area contributed by atoms with Gasteiger partial charge < -0.3 is 0 Å². The van der Waals surface area contributed by atoms with E-state index in [0.717, 1.165) is 0 Å². The normalized spacial score (nSPS) is 10.5. The first kappa shape index (κ1) is 11.5. The van der Waals surface area contributed by atoms with Crippen LogP contribution in [0.4, 0.5) is 10.1 Å². The lowest BCUT2D eigenvalue weighted by Gasteiger charge is -2.01. The molecule has 1 aromatic heterocycles. The minimum Gasteiger partial charge on any atom is -0.258 e. The Morgan fingerprint density at radius 1 is 1.41 bits per heavy atom. The van der Waals surface area contributed by atoms with E-state index in [1.54, 1.807) is 0 Å². The van der Waals surface area contributed by atoms with E-state index in [0.29, 0.717) is 5.69 Å². The molecule has 88 valence electrons. The Labute approximate surface area is 101 Å². The lowest BCUT2D eigenvalue weighted by Crippen LogP contribution is -1.96. The van der Waals surface area contributed by atoms with Crippen LogP contribution in [0.3, 0.4) is 0 Å². The van der Waals surface area contributed by atoms with Crippen LogP contribution in [0.2, 0.25) is 5.15 Å². The Hall–Kier alpha value is -1.95. The summed E-state index contributed by atoms with van der Waals surface area (Å²) in [7, 11) is 0. The molecule has 1 aromatic carbocycles. The van der Waals surface area contributed by atoms with E-state index in [9.17, 15) is 14.5 Å². The fourth-order valence-electron chi connectivity index (χ4n) is 1.45. The van der Waals surface area contributed by atoms with E-state index in [2.05, 4.69) is 5.10 Å². The minimum atomic E-state index is -0.593. The van der Waals surface area contributed by atoms with Crippen LogP contribution in [0, 0.1) is 22.9 Å². The van der Waals surface area contributed by atoms with Gasteiger partial charge in [-0.2, -0.15) is 5.10 Å². The summed E-state index contributed by atoms with van der Waals surface area (Å²) in [5.41, 5.74) is 0.438. The van der Waals surface area contributed by atoms with E-state index >= 15 is 0 Å². The molecule has 0 amide bonds. The van der Waals surface area contributed by atoms with Crippen LogP contribution in [0.25, 0.3) is 5.69 Å². The average Bonchev–Trinajstić information content (AvgIpc) is 2.55. The summed E-state index contributed by atoms with van der Waals surface area (Å²) in [6.45, 7) is 1.49. The van der Waals surface area contributed by atoms with Gasteiger partial charge in [-0.1, -0.05) is 11.6 Å². The van der Waals surface area contributed by atoms with Crippen LogP contribution in [-0.2, 0) is 0 Å². The molecule has 0 spiro atoms.